The number of allylic oxidation sites excluding steroid dienone is 1. The summed E-state index contributed by atoms with van der Waals surface area (Å²) >= 11 is 0. The molecule has 1 aromatic carbocycles. The number of hydroxylamine groups is 1. The maximum atomic E-state index is 13.1. The van der Waals surface area contributed by atoms with Crippen molar-refractivity contribution in [3.05, 3.63) is 29.5 Å². The van der Waals surface area contributed by atoms with Crippen LogP contribution >= 0.6 is 0 Å². The summed E-state index contributed by atoms with van der Waals surface area (Å²) < 4.78 is 5.55. The van der Waals surface area contributed by atoms with Gasteiger partial charge in [0.2, 0.25) is 0 Å². The number of hydrogen-bond donors (Lipinski definition) is 1. The Bertz CT molecular complexity index is 857. The van der Waals surface area contributed by atoms with E-state index >= 15 is 0 Å². The Morgan fingerprint density at radius 3 is 2.11 bits per heavy atom. The molecule has 1 aromatic rings. The maximum absolute atomic E-state index is 13.1. The summed E-state index contributed by atoms with van der Waals surface area (Å²) in [5, 5.41) is 0.926. The Hall–Kier alpha value is -2.83. The summed E-state index contributed by atoms with van der Waals surface area (Å²) in [5.41, 5.74) is 5.78. The van der Waals surface area contributed by atoms with E-state index in [0.29, 0.717) is 23.4 Å². The quantitative estimate of drug-likeness (QED) is 0.366. The van der Waals surface area contributed by atoms with Crippen molar-refractivity contribution < 1.29 is 24.0 Å². The first-order valence-corrected chi connectivity index (χ1v) is 9.19. The van der Waals surface area contributed by atoms with Crippen LogP contribution in [0, 0.1) is 10.8 Å². The molecule has 7 nitrogen and oxygen atoms in total. The van der Waals surface area contributed by atoms with Gasteiger partial charge in [0.05, 0.1) is 22.1 Å². The second-order valence-corrected chi connectivity index (χ2v) is 8.80. The van der Waals surface area contributed by atoms with Crippen LogP contribution in [0.1, 0.15) is 60.5 Å². The average molecular weight is 388 g/mol. The molecule has 0 aromatic heterocycles. The summed E-state index contributed by atoms with van der Waals surface area (Å²) in [6.07, 6.45) is 0.313. The first-order valence-electron chi connectivity index (χ1n) is 9.19. The lowest BCUT2D eigenvalue weighted by molar-refractivity contribution is -0.157. The van der Waals surface area contributed by atoms with Gasteiger partial charge in [-0.2, -0.15) is 0 Å². The fourth-order valence-electron chi connectivity index (χ4n) is 2.40. The van der Waals surface area contributed by atoms with E-state index in [1.165, 1.54) is 0 Å². The molecule has 0 radical (unpaired) electrons. The standard InChI is InChI=1S/C21H28N2O5/c1-8-15(27-18(25)20(2,3)4)16-13-10-9-12(22)11-14(13)23(17(16)24)28-19(26)21(5,6)7/h9-11H,8,22H2,1-7H3/b16-15-. The van der Waals surface area contributed by atoms with Gasteiger partial charge >= 0.3 is 11.9 Å². The van der Waals surface area contributed by atoms with E-state index < -0.39 is 28.7 Å². The smallest absolute Gasteiger partial charge is 0.338 e. The summed E-state index contributed by atoms with van der Waals surface area (Å²) in [6, 6.07) is 4.85. The van der Waals surface area contributed by atoms with Crippen LogP contribution in [0.2, 0.25) is 0 Å². The molecule has 7 heteroatoms. The van der Waals surface area contributed by atoms with Gasteiger partial charge in [-0.1, -0.05) is 6.92 Å². The molecule has 1 aliphatic heterocycles. The second-order valence-electron chi connectivity index (χ2n) is 8.80. The number of esters is 1. The van der Waals surface area contributed by atoms with Gasteiger partial charge in [0.1, 0.15) is 5.76 Å². The zero-order valence-electron chi connectivity index (χ0n) is 17.5. The number of fused-ring (bicyclic) bond motifs is 1. The van der Waals surface area contributed by atoms with Gasteiger partial charge in [0.25, 0.3) is 5.91 Å². The lowest BCUT2D eigenvalue weighted by Crippen LogP contribution is -2.35. The third-order valence-electron chi connectivity index (χ3n) is 4.12. The second kappa shape index (κ2) is 7.30. The molecule has 2 rings (SSSR count). The molecule has 0 unspecified atom stereocenters. The van der Waals surface area contributed by atoms with Crippen LogP contribution in [0.4, 0.5) is 11.4 Å². The number of amides is 1. The van der Waals surface area contributed by atoms with Gasteiger partial charge in [-0.05, 0) is 59.7 Å². The maximum Gasteiger partial charge on any atom is 0.338 e. The predicted molar refractivity (Wildman–Crippen MR) is 107 cm³/mol. The number of nitrogens with two attached hydrogens (primary N) is 1. The molecule has 0 saturated heterocycles. The third-order valence-corrected chi connectivity index (χ3v) is 4.12. The van der Waals surface area contributed by atoms with Gasteiger partial charge in [0.15, 0.2) is 0 Å². The molecule has 152 valence electrons. The number of carbonyl (C=O) groups is 3. The van der Waals surface area contributed by atoms with Crippen molar-refractivity contribution in [1.29, 1.82) is 0 Å². The average Bonchev–Trinajstić information content (AvgIpc) is 2.82. The highest BCUT2D eigenvalue weighted by atomic mass is 16.7. The van der Waals surface area contributed by atoms with E-state index in [2.05, 4.69) is 0 Å². The lowest BCUT2D eigenvalue weighted by atomic mass is 9.97. The third kappa shape index (κ3) is 4.18. The number of nitrogen functional groups attached to an aromatic ring is 1. The van der Waals surface area contributed by atoms with Crippen molar-refractivity contribution in [2.45, 2.75) is 54.9 Å². The van der Waals surface area contributed by atoms with Crippen LogP contribution in [0.25, 0.3) is 5.57 Å². The van der Waals surface area contributed by atoms with Gasteiger partial charge in [0, 0.05) is 17.7 Å². The zero-order valence-corrected chi connectivity index (χ0v) is 17.5. The monoisotopic (exact) mass is 388 g/mol. The Labute approximate surface area is 165 Å². The first-order chi connectivity index (χ1) is 12.8. The Morgan fingerprint density at radius 1 is 1.04 bits per heavy atom. The number of nitrogens with zero attached hydrogens (tertiary/aromatic N) is 1. The molecule has 28 heavy (non-hydrogen) atoms. The molecular formula is C21H28N2O5. The van der Waals surface area contributed by atoms with Crippen molar-refractivity contribution in [3.63, 3.8) is 0 Å². The van der Waals surface area contributed by atoms with Crippen molar-refractivity contribution in [1.82, 2.24) is 0 Å². The minimum absolute atomic E-state index is 0.191. The number of ether oxygens (including phenoxy) is 1. The van der Waals surface area contributed by atoms with Crippen LogP contribution < -0.4 is 10.8 Å². The normalized spacial score (nSPS) is 16.0. The molecule has 1 aliphatic rings. The Balaban J connectivity index is 2.56. The topological polar surface area (TPSA) is 98.9 Å². The van der Waals surface area contributed by atoms with Crippen LogP contribution in [-0.4, -0.2) is 17.8 Å². The molecule has 0 bridgehead atoms. The zero-order chi connectivity index (χ0) is 21.4. The van der Waals surface area contributed by atoms with E-state index in [1.807, 2.05) is 0 Å². The summed E-state index contributed by atoms with van der Waals surface area (Å²) in [6.45, 7) is 12.0. The molecule has 1 heterocycles. The fourth-order valence-corrected chi connectivity index (χ4v) is 2.40. The number of hydrogen-bond acceptors (Lipinski definition) is 6. The molecule has 1 amide bonds. The highest BCUT2D eigenvalue weighted by molar-refractivity contribution is 6.32. The number of benzene rings is 1. The van der Waals surface area contributed by atoms with Gasteiger partial charge in [-0.15, -0.1) is 5.06 Å². The SMILES string of the molecule is CC/C(OC(=O)C(C)(C)C)=C1/C(=O)N(OC(=O)C(C)(C)C)c2cc(N)ccc21. The van der Waals surface area contributed by atoms with Gasteiger partial charge in [-0.25, -0.2) is 4.79 Å². The first kappa shape index (κ1) is 21.5. The van der Waals surface area contributed by atoms with Crippen LogP contribution in [0.5, 0.6) is 0 Å². The highest BCUT2D eigenvalue weighted by Gasteiger charge is 2.40. The molecule has 0 aliphatic carbocycles. The highest BCUT2D eigenvalue weighted by Crippen LogP contribution is 2.41. The van der Waals surface area contributed by atoms with E-state index in [0.717, 1.165) is 5.06 Å². The number of anilines is 2. The van der Waals surface area contributed by atoms with Crippen molar-refractivity contribution >= 4 is 34.8 Å². The summed E-state index contributed by atoms with van der Waals surface area (Å²) in [4.78, 5) is 43.2. The molecule has 0 spiro atoms. The molecular weight excluding hydrogens is 360 g/mol. The van der Waals surface area contributed by atoms with Crippen molar-refractivity contribution in [2.75, 3.05) is 10.8 Å². The Kier molecular flexibility index (Phi) is 5.59. The summed E-state index contributed by atoms with van der Waals surface area (Å²) in [5.74, 6) is -1.37. The van der Waals surface area contributed by atoms with E-state index in [4.69, 9.17) is 15.3 Å². The van der Waals surface area contributed by atoms with Crippen molar-refractivity contribution in [3.8, 4) is 0 Å². The minimum atomic E-state index is -0.806. The molecule has 0 fully saturated rings. The molecule has 0 saturated carbocycles. The van der Waals surface area contributed by atoms with Crippen molar-refractivity contribution in [2.24, 2.45) is 10.8 Å². The van der Waals surface area contributed by atoms with Gasteiger partial charge in [-0.3, -0.25) is 9.59 Å². The largest absolute Gasteiger partial charge is 0.430 e. The predicted octanol–water partition coefficient (Wildman–Crippen LogP) is 3.83. The van der Waals surface area contributed by atoms with Crippen LogP contribution in [0.15, 0.2) is 24.0 Å². The van der Waals surface area contributed by atoms with Crippen LogP contribution in [-0.2, 0) is 24.0 Å². The van der Waals surface area contributed by atoms with E-state index in [1.54, 1.807) is 66.7 Å². The number of rotatable bonds is 3. The van der Waals surface area contributed by atoms with E-state index in [9.17, 15) is 14.4 Å². The number of carbonyl (C=O) groups excluding carboxylic acids is 3. The fraction of sp³-hybridized carbons (Fsp3) is 0.476. The molecule has 0 atom stereocenters. The van der Waals surface area contributed by atoms with Gasteiger partial charge < -0.3 is 15.3 Å². The Morgan fingerprint density at radius 2 is 1.61 bits per heavy atom. The molecule has 2 N–H and O–H groups in total. The minimum Gasteiger partial charge on any atom is -0.430 e. The summed E-state index contributed by atoms with van der Waals surface area (Å²) in [7, 11) is 0. The van der Waals surface area contributed by atoms with E-state index in [-0.39, 0.29) is 11.3 Å². The lowest BCUT2D eigenvalue weighted by Gasteiger charge is -2.22. The van der Waals surface area contributed by atoms with Crippen LogP contribution in [0.3, 0.4) is 0 Å².